The normalized spacial score (nSPS) is 15.2. The van der Waals surface area contributed by atoms with Crippen LogP contribution in [0.15, 0.2) is 6.20 Å². The van der Waals surface area contributed by atoms with E-state index in [1.165, 1.54) is 0 Å². The van der Waals surface area contributed by atoms with Crippen molar-refractivity contribution in [3.8, 4) is 0 Å². The Morgan fingerprint density at radius 3 is 2.80 bits per heavy atom. The van der Waals surface area contributed by atoms with Crippen LogP contribution in [0.3, 0.4) is 0 Å². The van der Waals surface area contributed by atoms with Crippen LogP contribution in [0.1, 0.15) is 51.8 Å². The SMILES string of the molecule is CCCn1nncc1C(O)CC(C)CC. The molecule has 4 heteroatoms. The summed E-state index contributed by atoms with van der Waals surface area (Å²) in [6.45, 7) is 7.20. The van der Waals surface area contributed by atoms with Crippen molar-refractivity contribution in [1.82, 2.24) is 15.0 Å². The fourth-order valence-corrected chi connectivity index (χ4v) is 1.58. The molecule has 1 aromatic rings. The molecule has 0 aliphatic heterocycles. The number of aromatic nitrogens is 3. The van der Waals surface area contributed by atoms with E-state index >= 15 is 0 Å². The van der Waals surface area contributed by atoms with Crippen molar-refractivity contribution in [1.29, 1.82) is 0 Å². The Bertz CT molecular complexity index is 285. The number of hydrogen-bond donors (Lipinski definition) is 1. The molecular weight excluding hydrogens is 190 g/mol. The van der Waals surface area contributed by atoms with Gasteiger partial charge in [0.15, 0.2) is 0 Å². The number of aliphatic hydroxyl groups is 1. The largest absolute Gasteiger partial charge is 0.387 e. The summed E-state index contributed by atoms with van der Waals surface area (Å²) in [5.74, 6) is 0.532. The summed E-state index contributed by atoms with van der Waals surface area (Å²) >= 11 is 0. The van der Waals surface area contributed by atoms with Gasteiger partial charge < -0.3 is 5.11 Å². The van der Waals surface area contributed by atoms with E-state index in [1.54, 1.807) is 10.9 Å². The van der Waals surface area contributed by atoms with Gasteiger partial charge in [-0.25, -0.2) is 4.68 Å². The van der Waals surface area contributed by atoms with Crippen LogP contribution in [-0.4, -0.2) is 20.1 Å². The van der Waals surface area contributed by atoms with Crippen molar-refractivity contribution in [3.05, 3.63) is 11.9 Å². The molecule has 0 aromatic carbocycles. The second-order valence-electron chi connectivity index (χ2n) is 4.15. The lowest BCUT2D eigenvalue weighted by molar-refractivity contribution is 0.136. The Kier molecular flexibility index (Phi) is 4.75. The molecule has 0 amide bonds. The van der Waals surface area contributed by atoms with E-state index in [-0.39, 0.29) is 0 Å². The molecule has 0 saturated carbocycles. The van der Waals surface area contributed by atoms with Crippen molar-refractivity contribution in [2.45, 2.75) is 52.7 Å². The second kappa shape index (κ2) is 5.85. The number of aryl methyl sites for hydroxylation is 1. The van der Waals surface area contributed by atoms with Gasteiger partial charge >= 0.3 is 0 Å². The molecule has 86 valence electrons. The maximum absolute atomic E-state index is 10.0. The third-order valence-corrected chi connectivity index (χ3v) is 2.75. The average Bonchev–Trinajstić information content (AvgIpc) is 2.66. The van der Waals surface area contributed by atoms with Crippen molar-refractivity contribution < 1.29 is 5.11 Å². The summed E-state index contributed by atoms with van der Waals surface area (Å²) in [6.07, 6.45) is 4.12. The molecule has 1 heterocycles. The molecular formula is C11H21N3O. The highest BCUT2D eigenvalue weighted by Gasteiger charge is 2.16. The minimum atomic E-state index is -0.429. The van der Waals surface area contributed by atoms with Crippen LogP contribution in [0.4, 0.5) is 0 Å². The van der Waals surface area contributed by atoms with Crippen molar-refractivity contribution >= 4 is 0 Å². The van der Waals surface area contributed by atoms with Crippen LogP contribution in [0.5, 0.6) is 0 Å². The van der Waals surface area contributed by atoms with Gasteiger partial charge in [0.05, 0.1) is 18.0 Å². The summed E-state index contributed by atoms with van der Waals surface area (Å²) in [6, 6.07) is 0. The topological polar surface area (TPSA) is 50.9 Å². The Morgan fingerprint density at radius 1 is 1.47 bits per heavy atom. The first kappa shape index (κ1) is 12.2. The Balaban J connectivity index is 2.63. The maximum atomic E-state index is 10.0. The molecule has 0 saturated heterocycles. The fourth-order valence-electron chi connectivity index (χ4n) is 1.58. The van der Waals surface area contributed by atoms with Gasteiger partial charge in [-0.05, 0) is 18.8 Å². The van der Waals surface area contributed by atoms with Gasteiger partial charge in [0, 0.05) is 6.54 Å². The lowest BCUT2D eigenvalue weighted by Crippen LogP contribution is -2.11. The number of rotatable bonds is 6. The molecule has 1 N–H and O–H groups in total. The lowest BCUT2D eigenvalue weighted by atomic mass is 9.99. The van der Waals surface area contributed by atoms with Gasteiger partial charge in [-0.1, -0.05) is 32.4 Å². The zero-order valence-electron chi connectivity index (χ0n) is 9.85. The van der Waals surface area contributed by atoms with Crippen LogP contribution in [0, 0.1) is 5.92 Å². The summed E-state index contributed by atoms with van der Waals surface area (Å²) in [4.78, 5) is 0. The zero-order chi connectivity index (χ0) is 11.3. The van der Waals surface area contributed by atoms with Crippen molar-refractivity contribution in [3.63, 3.8) is 0 Å². The summed E-state index contributed by atoms with van der Waals surface area (Å²) in [7, 11) is 0. The highest BCUT2D eigenvalue weighted by Crippen LogP contribution is 2.21. The molecule has 4 nitrogen and oxygen atoms in total. The monoisotopic (exact) mass is 211 g/mol. The van der Waals surface area contributed by atoms with E-state index in [4.69, 9.17) is 0 Å². The third kappa shape index (κ3) is 3.30. The summed E-state index contributed by atoms with van der Waals surface area (Å²) < 4.78 is 1.80. The first-order valence-corrected chi connectivity index (χ1v) is 5.75. The predicted molar refractivity (Wildman–Crippen MR) is 59.3 cm³/mol. The van der Waals surface area contributed by atoms with E-state index in [0.717, 1.165) is 31.5 Å². The van der Waals surface area contributed by atoms with E-state index in [2.05, 4.69) is 31.1 Å². The molecule has 1 rings (SSSR count). The number of hydrogen-bond acceptors (Lipinski definition) is 3. The Morgan fingerprint density at radius 2 is 2.20 bits per heavy atom. The predicted octanol–water partition coefficient (Wildman–Crippen LogP) is 2.16. The quantitative estimate of drug-likeness (QED) is 0.784. The molecule has 1 aromatic heterocycles. The minimum absolute atomic E-state index is 0.429. The fraction of sp³-hybridized carbons (Fsp3) is 0.818. The Labute approximate surface area is 91.3 Å². The Hall–Kier alpha value is -0.900. The highest BCUT2D eigenvalue weighted by atomic mass is 16.3. The van der Waals surface area contributed by atoms with E-state index in [0.29, 0.717) is 5.92 Å². The first-order valence-electron chi connectivity index (χ1n) is 5.75. The van der Waals surface area contributed by atoms with Crippen LogP contribution >= 0.6 is 0 Å². The summed E-state index contributed by atoms with van der Waals surface area (Å²) in [5.41, 5.74) is 0.845. The van der Waals surface area contributed by atoms with Gasteiger partial charge in [-0.15, -0.1) is 5.10 Å². The van der Waals surface area contributed by atoms with Gasteiger partial charge in [0.1, 0.15) is 0 Å². The van der Waals surface area contributed by atoms with Gasteiger partial charge in [0.2, 0.25) is 0 Å². The molecule has 0 aliphatic carbocycles. The second-order valence-corrected chi connectivity index (χ2v) is 4.15. The molecule has 0 bridgehead atoms. The highest BCUT2D eigenvalue weighted by molar-refractivity contribution is 4.99. The molecule has 0 aliphatic rings. The van der Waals surface area contributed by atoms with Crippen LogP contribution < -0.4 is 0 Å². The lowest BCUT2D eigenvalue weighted by Gasteiger charge is -2.15. The van der Waals surface area contributed by atoms with Crippen LogP contribution in [0.25, 0.3) is 0 Å². The molecule has 2 atom stereocenters. The van der Waals surface area contributed by atoms with Gasteiger partial charge in [-0.2, -0.15) is 0 Å². The standard InChI is InChI=1S/C11H21N3O/c1-4-6-14-10(8-12-13-14)11(15)7-9(3)5-2/h8-9,11,15H,4-7H2,1-3H3. The summed E-state index contributed by atoms with van der Waals surface area (Å²) in [5, 5.41) is 17.8. The van der Waals surface area contributed by atoms with E-state index < -0.39 is 6.10 Å². The van der Waals surface area contributed by atoms with Crippen molar-refractivity contribution in [2.75, 3.05) is 0 Å². The number of nitrogens with zero attached hydrogens (tertiary/aromatic N) is 3. The molecule has 0 fully saturated rings. The van der Waals surface area contributed by atoms with Crippen LogP contribution in [-0.2, 0) is 6.54 Å². The van der Waals surface area contributed by atoms with Crippen LogP contribution in [0.2, 0.25) is 0 Å². The zero-order valence-corrected chi connectivity index (χ0v) is 9.85. The minimum Gasteiger partial charge on any atom is -0.387 e. The van der Waals surface area contributed by atoms with Gasteiger partial charge in [-0.3, -0.25) is 0 Å². The van der Waals surface area contributed by atoms with Crippen molar-refractivity contribution in [2.24, 2.45) is 5.92 Å². The molecule has 0 spiro atoms. The molecule has 0 radical (unpaired) electrons. The van der Waals surface area contributed by atoms with E-state index in [9.17, 15) is 5.11 Å². The molecule has 2 unspecified atom stereocenters. The van der Waals surface area contributed by atoms with Gasteiger partial charge in [0.25, 0.3) is 0 Å². The third-order valence-electron chi connectivity index (χ3n) is 2.75. The average molecular weight is 211 g/mol. The van der Waals surface area contributed by atoms with E-state index in [1.807, 2.05) is 0 Å². The number of aliphatic hydroxyl groups excluding tert-OH is 1. The maximum Gasteiger partial charge on any atom is 0.0975 e. The molecule has 15 heavy (non-hydrogen) atoms. The smallest absolute Gasteiger partial charge is 0.0975 e. The first-order chi connectivity index (χ1) is 7.19.